The molecule has 0 unspecified atom stereocenters. The number of carbonyl (C=O) groups is 1. The van der Waals surface area contributed by atoms with Gasteiger partial charge < -0.3 is 14.7 Å². The van der Waals surface area contributed by atoms with E-state index in [2.05, 4.69) is 41.5 Å². The number of aromatic carboxylic acids is 1. The summed E-state index contributed by atoms with van der Waals surface area (Å²) in [5.74, 6) is 0.872. The molecule has 2 aliphatic rings. The molecule has 2 aromatic carbocycles. The average Bonchev–Trinajstić information content (AvgIpc) is 3.58. The molecule has 3 aromatic rings. The van der Waals surface area contributed by atoms with Crippen molar-refractivity contribution in [3.8, 4) is 17.0 Å². The van der Waals surface area contributed by atoms with Gasteiger partial charge in [-0.2, -0.15) is 0 Å². The van der Waals surface area contributed by atoms with E-state index in [1.807, 2.05) is 12.1 Å². The summed E-state index contributed by atoms with van der Waals surface area (Å²) in [7, 11) is 0. The molecular weight excluding hydrogens is 479 g/mol. The zero-order valence-corrected chi connectivity index (χ0v) is 21.2. The second-order valence-electron chi connectivity index (χ2n) is 10.1. The molecule has 5 nitrogen and oxygen atoms in total. The number of anilines is 1. The topological polar surface area (TPSA) is 62.7 Å². The van der Waals surface area contributed by atoms with Gasteiger partial charge in [0.2, 0.25) is 0 Å². The Morgan fingerprint density at radius 2 is 1.78 bits per heavy atom. The van der Waals surface area contributed by atoms with Gasteiger partial charge in [-0.1, -0.05) is 31.9 Å². The molecular formula is C29H35N2NaO3S. The SMILES string of the molecule is CC1CCC(Oc2ccc(-c3csc(N(Cc4cccc(C(=O)O)c4)C4CCCC4)n3)cc2)CC1.[NaH]. The molecule has 0 amide bonds. The standard InChI is InChI=1S/C29H34N2O3S.Na.H/c1-20-9-13-25(14-10-20)34-26-15-11-22(12-16-26)27-19-35-29(30-27)31(24-7-2-3-8-24)18-21-5-4-6-23(17-21)28(32)33;;/h4-6,11-12,15-17,19-20,24-25H,2-3,7-10,13-14,18H2,1H3,(H,32,33);;. The molecule has 0 atom stereocenters. The van der Waals surface area contributed by atoms with Crippen molar-refractivity contribution < 1.29 is 14.6 Å². The number of carboxylic acids is 1. The first-order valence-electron chi connectivity index (χ1n) is 12.9. The Kier molecular flexibility index (Phi) is 9.51. The second kappa shape index (κ2) is 12.6. The van der Waals surface area contributed by atoms with Crippen LogP contribution in [0.15, 0.2) is 53.9 Å². The third kappa shape index (κ3) is 6.71. The van der Waals surface area contributed by atoms with Gasteiger partial charge in [-0.3, -0.25) is 0 Å². The van der Waals surface area contributed by atoms with E-state index in [1.54, 1.807) is 23.5 Å². The Morgan fingerprint density at radius 1 is 1.06 bits per heavy atom. The van der Waals surface area contributed by atoms with Crippen LogP contribution in [0.2, 0.25) is 0 Å². The first kappa shape index (κ1) is 27.2. The molecule has 0 saturated heterocycles. The molecule has 5 rings (SSSR count). The van der Waals surface area contributed by atoms with Crippen LogP contribution in [0.25, 0.3) is 11.3 Å². The van der Waals surface area contributed by atoms with Gasteiger partial charge in [-0.15, -0.1) is 11.3 Å². The van der Waals surface area contributed by atoms with Gasteiger partial charge in [-0.25, -0.2) is 9.78 Å². The summed E-state index contributed by atoms with van der Waals surface area (Å²) in [6, 6.07) is 16.1. The molecule has 2 aliphatic carbocycles. The molecule has 1 heterocycles. The maximum atomic E-state index is 11.4. The van der Waals surface area contributed by atoms with Gasteiger partial charge in [-0.05, 0) is 86.4 Å². The Hall–Kier alpha value is -1.86. The number of aromatic nitrogens is 1. The van der Waals surface area contributed by atoms with Crippen molar-refractivity contribution in [2.24, 2.45) is 5.92 Å². The van der Waals surface area contributed by atoms with E-state index in [9.17, 15) is 9.90 Å². The summed E-state index contributed by atoms with van der Waals surface area (Å²) in [4.78, 5) is 18.8. The molecule has 1 N–H and O–H groups in total. The van der Waals surface area contributed by atoms with E-state index in [1.165, 1.54) is 25.7 Å². The number of hydrogen-bond acceptors (Lipinski definition) is 5. The van der Waals surface area contributed by atoms with Crippen molar-refractivity contribution in [1.29, 1.82) is 0 Å². The average molecular weight is 515 g/mol. The minimum absolute atomic E-state index is 0. The van der Waals surface area contributed by atoms with Crippen LogP contribution in [0.1, 0.15) is 74.2 Å². The van der Waals surface area contributed by atoms with Crippen LogP contribution in [-0.2, 0) is 6.54 Å². The summed E-state index contributed by atoms with van der Waals surface area (Å²) in [5.41, 5.74) is 3.41. The van der Waals surface area contributed by atoms with Crippen molar-refractivity contribution in [3.63, 3.8) is 0 Å². The zero-order valence-electron chi connectivity index (χ0n) is 20.4. The molecule has 0 radical (unpaired) electrons. The summed E-state index contributed by atoms with van der Waals surface area (Å²) < 4.78 is 6.23. The Bertz CT molecular complexity index is 1140. The molecule has 36 heavy (non-hydrogen) atoms. The molecule has 2 saturated carbocycles. The molecule has 7 heteroatoms. The molecule has 1 aromatic heterocycles. The van der Waals surface area contributed by atoms with E-state index in [4.69, 9.17) is 9.72 Å². The monoisotopic (exact) mass is 514 g/mol. The second-order valence-corrected chi connectivity index (χ2v) is 10.9. The number of carboxylic acid groups (broad SMARTS) is 1. The van der Waals surface area contributed by atoms with Gasteiger partial charge in [0, 0.05) is 23.5 Å². The molecule has 0 spiro atoms. The first-order valence-corrected chi connectivity index (χ1v) is 13.7. The number of ether oxygens (including phenoxy) is 1. The molecule has 2 fully saturated rings. The Labute approximate surface area is 240 Å². The summed E-state index contributed by atoms with van der Waals surface area (Å²) in [6.07, 6.45) is 9.90. The Morgan fingerprint density at radius 3 is 2.47 bits per heavy atom. The van der Waals surface area contributed by atoms with Gasteiger partial charge >= 0.3 is 35.5 Å². The molecule has 0 aliphatic heterocycles. The van der Waals surface area contributed by atoms with Crippen LogP contribution >= 0.6 is 11.3 Å². The predicted octanol–water partition coefficient (Wildman–Crippen LogP) is 6.77. The summed E-state index contributed by atoms with van der Waals surface area (Å²) >= 11 is 1.67. The van der Waals surface area contributed by atoms with Crippen LogP contribution in [0.5, 0.6) is 5.75 Å². The van der Waals surface area contributed by atoms with Crippen molar-refractivity contribution in [3.05, 3.63) is 65.0 Å². The number of benzene rings is 2. The van der Waals surface area contributed by atoms with Crippen LogP contribution in [0.4, 0.5) is 5.13 Å². The van der Waals surface area contributed by atoms with Gasteiger partial charge in [0.05, 0.1) is 17.4 Å². The van der Waals surface area contributed by atoms with Crippen molar-refractivity contribution in [1.82, 2.24) is 4.98 Å². The number of nitrogens with zero attached hydrogens (tertiary/aromatic N) is 2. The quantitative estimate of drug-likeness (QED) is 0.336. The maximum absolute atomic E-state index is 11.4. The number of rotatable bonds is 8. The predicted molar refractivity (Wildman–Crippen MR) is 149 cm³/mol. The van der Waals surface area contributed by atoms with Crippen LogP contribution in [0, 0.1) is 5.92 Å². The normalized spacial score (nSPS) is 20.0. The van der Waals surface area contributed by atoms with Gasteiger partial charge in [0.25, 0.3) is 0 Å². The van der Waals surface area contributed by atoms with Crippen molar-refractivity contribution in [2.75, 3.05) is 4.90 Å². The van der Waals surface area contributed by atoms with E-state index in [0.717, 1.165) is 59.3 Å². The van der Waals surface area contributed by atoms with Crippen LogP contribution in [-0.4, -0.2) is 57.8 Å². The first-order chi connectivity index (χ1) is 17.0. The fourth-order valence-electron chi connectivity index (χ4n) is 5.34. The van der Waals surface area contributed by atoms with Gasteiger partial charge in [0.15, 0.2) is 5.13 Å². The summed E-state index contributed by atoms with van der Waals surface area (Å²) in [5, 5.41) is 12.5. The minimum atomic E-state index is -0.888. The fourth-order valence-corrected chi connectivity index (χ4v) is 6.25. The number of hydrogen-bond donors (Lipinski definition) is 1. The third-order valence-corrected chi connectivity index (χ3v) is 8.32. The Balaban J connectivity index is 0.00000304. The molecule has 186 valence electrons. The third-order valence-electron chi connectivity index (χ3n) is 7.45. The van der Waals surface area contributed by atoms with Crippen molar-refractivity contribution >= 4 is 52.0 Å². The fraction of sp³-hybridized carbons (Fsp3) is 0.448. The van der Waals surface area contributed by atoms with E-state index < -0.39 is 5.97 Å². The number of thiazole rings is 1. The molecule has 0 bridgehead atoms. The van der Waals surface area contributed by atoms with Crippen LogP contribution in [0.3, 0.4) is 0 Å². The van der Waals surface area contributed by atoms with E-state index in [-0.39, 0.29) is 29.6 Å². The van der Waals surface area contributed by atoms with Gasteiger partial charge in [0.1, 0.15) is 5.75 Å². The zero-order chi connectivity index (χ0) is 24.2. The summed E-state index contributed by atoms with van der Waals surface area (Å²) in [6.45, 7) is 3.00. The van der Waals surface area contributed by atoms with Crippen molar-refractivity contribution in [2.45, 2.75) is 77.0 Å². The van der Waals surface area contributed by atoms with E-state index in [0.29, 0.717) is 24.3 Å². The van der Waals surface area contributed by atoms with E-state index >= 15 is 0 Å². The van der Waals surface area contributed by atoms with Crippen LogP contribution < -0.4 is 9.64 Å².